The van der Waals surface area contributed by atoms with E-state index in [0.29, 0.717) is 11.1 Å². The maximum absolute atomic E-state index is 13.7. The summed E-state index contributed by atoms with van der Waals surface area (Å²) in [4.78, 5) is 0. The van der Waals surface area contributed by atoms with Gasteiger partial charge in [-0.3, -0.25) is 0 Å². The van der Waals surface area contributed by atoms with Crippen molar-refractivity contribution in [3.05, 3.63) is 52.8 Å². The Morgan fingerprint density at radius 3 is 2.62 bits per heavy atom. The van der Waals surface area contributed by atoms with Crippen molar-refractivity contribution in [3.63, 3.8) is 0 Å². The molecule has 0 aliphatic carbocycles. The SMILES string of the molecule is CCCCCCOc1ccccc1-c1ccc(Br)c(F)c1. The van der Waals surface area contributed by atoms with Crippen LogP contribution in [0.25, 0.3) is 11.1 Å². The Hall–Kier alpha value is -1.35. The topological polar surface area (TPSA) is 9.23 Å². The Morgan fingerprint density at radius 1 is 1.05 bits per heavy atom. The summed E-state index contributed by atoms with van der Waals surface area (Å²) >= 11 is 3.18. The van der Waals surface area contributed by atoms with Gasteiger partial charge in [0, 0.05) is 5.56 Å². The monoisotopic (exact) mass is 350 g/mol. The third-order valence-electron chi connectivity index (χ3n) is 3.37. The average molecular weight is 351 g/mol. The molecule has 0 fully saturated rings. The maximum atomic E-state index is 13.7. The number of halogens is 2. The molecule has 21 heavy (non-hydrogen) atoms. The smallest absolute Gasteiger partial charge is 0.137 e. The summed E-state index contributed by atoms with van der Waals surface area (Å²) in [6.45, 7) is 2.90. The summed E-state index contributed by atoms with van der Waals surface area (Å²) in [5.74, 6) is 0.556. The normalized spacial score (nSPS) is 10.6. The Kier molecular flexibility index (Phi) is 6.24. The first-order valence-corrected chi connectivity index (χ1v) is 8.19. The van der Waals surface area contributed by atoms with Crippen LogP contribution in [0.1, 0.15) is 32.6 Å². The maximum Gasteiger partial charge on any atom is 0.137 e. The predicted octanol–water partition coefficient (Wildman–Crippen LogP) is 6.21. The molecule has 0 saturated carbocycles. The summed E-state index contributed by atoms with van der Waals surface area (Å²) in [6.07, 6.45) is 4.69. The molecular weight excluding hydrogens is 331 g/mol. The van der Waals surface area contributed by atoms with Crippen molar-refractivity contribution in [2.75, 3.05) is 6.61 Å². The van der Waals surface area contributed by atoms with Crippen LogP contribution >= 0.6 is 15.9 Å². The molecule has 0 aromatic heterocycles. The number of rotatable bonds is 7. The zero-order valence-corrected chi connectivity index (χ0v) is 13.8. The highest BCUT2D eigenvalue weighted by molar-refractivity contribution is 9.10. The molecule has 0 N–H and O–H groups in total. The van der Waals surface area contributed by atoms with Gasteiger partial charge in [0.05, 0.1) is 11.1 Å². The Labute approximate surface area is 134 Å². The van der Waals surface area contributed by atoms with Crippen LogP contribution in [0.4, 0.5) is 4.39 Å². The first-order chi connectivity index (χ1) is 10.2. The quantitative estimate of drug-likeness (QED) is 0.539. The highest BCUT2D eigenvalue weighted by Gasteiger charge is 2.08. The highest BCUT2D eigenvalue weighted by Crippen LogP contribution is 2.32. The molecule has 3 heteroatoms. The van der Waals surface area contributed by atoms with E-state index in [9.17, 15) is 4.39 Å². The van der Waals surface area contributed by atoms with Gasteiger partial charge >= 0.3 is 0 Å². The van der Waals surface area contributed by atoms with Gasteiger partial charge in [-0.25, -0.2) is 4.39 Å². The van der Waals surface area contributed by atoms with Crippen LogP contribution in [0.3, 0.4) is 0 Å². The minimum Gasteiger partial charge on any atom is -0.493 e. The van der Waals surface area contributed by atoms with Crippen LogP contribution < -0.4 is 4.74 Å². The summed E-state index contributed by atoms with van der Waals surface area (Å²) in [5.41, 5.74) is 1.76. The van der Waals surface area contributed by atoms with Gasteiger partial charge in [-0.1, -0.05) is 50.5 Å². The molecule has 2 aromatic rings. The summed E-state index contributed by atoms with van der Waals surface area (Å²) < 4.78 is 20.1. The van der Waals surface area contributed by atoms with Gasteiger partial charge in [0.1, 0.15) is 11.6 Å². The van der Waals surface area contributed by atoms with Crippen molar-refractivity contribution in [2.45, 2.75) is 32.6 Å². The lowest BCUT2D eigenvalue weighted by atomic mass is 10.0. The predicted molar refractivity (Wildman–Crippen MR) is 89.2 cm³/mol. The van der Waals surface area contributed by atoms with Crippen LogP contribution in [0, 0.1) is 5.82 Å². The van der Waals surface area contributed by atoms with Gasteiger partial charge in [0.15, 0.2) is 0 Å². The van der Waals surface area contributed by atoms with Crippen LogP contribution in [0.2, 0.25) is 0 Å². The molecule has 0 amide bonds. The Morgan fingerprint density at radius 2 is 1.86 bits per heavy atom. The van der Waals surface area contributed by atoms with Gasteiger partial charge in [-0.15, -0.1) is 0 Å². The molecule has 2 aromatic carbocycles. The van der Waals surface area contributed by atoms with E-state index in [2.05, 4.69) is 22.9 Å². The third kappa shape index (κ3) is 4.57. The van der Waals surface area contributed by atoms with Crippen molar-refractivity contribution in [2.24, 2.45) is 0 Å². The van der Waals surface area contributed by atoms with E-state index in [-0.39, 0.29) is 5.82 Å². The van der Waals surface area contributed by atoms with Crippen molar-refractivity contribution >= 4 is 15.9 Å². The van der Waals surface area contributed by atoms with Gasteiger partial charge in [-0.2, -0.15) is 0 Å². The van der Waals surface area contributed by atoms with E-state index in [1.807, 2.05) is 30.3 Å². The summed E-state index contributed by atoms with van der Waals surface area (Å²) in [6, 6.07) is 12.9. The Balaban J connectivity index is 2.11. The Bertz CT molecular complexity index is 583. The fourth-order valence-electron chi connectivity index (χ4n) is 2.21. The zero-order chi connectivity index (χ0) is 15.1. The van der Waals surface area contributed by atoms with E-state index >= 15 is 0 Å². The molecule has 0 spiro atoms. The number of benzene rings is 2. The van der Waals surface area contributed by atoms with Crippen LogP contribution in [0.15, 0.2) is 46.9 Å². The van der Waals surface area contributed by atoms with Gasteiger partial charge in [-0.05, 0) is 46.1 Å². The van der Waals surface area contributed by atoms with Crippen molar-refractivity contribution < 1.29 is 9.13 Å². The first kappa shape index (κ1) is 16.0. The second-order valence-electron chi connectivity index (χ2n) is 5.03. The van der Waals surface area contributed by atoms with Gasteiger partial charge < -0.3 is 4.74 Å². The molecule has 0 bridgehead atoms. The fourth-order valence-corrected chi connectivity index (χ4v) is 2.45. The molecule has 0 saturated heterocycles. The van der Waals surface area contributed by atoms with Crippen LogP contribution in [-0.4, -0.2) is 6.61 Å². The van der Waals surface area contributed by atoms with Gasteiger partial charge in [0.25, 0.3) is 0 Å². The minimum absolute atomic E-state index is 0.259. The van der Waals surface area contributed by atoms with Crippen molar-refractivity contribution in [3.8, 4) is 16.9 Å². The van der Waals surface area contributed by atoms with Crippen molar-refractivity contribution in [1.29, 1.82) is 0 Å². The number of ether oxygens (including phenoxy) is 1. The number of para-hydroxylation sites is 1. The lowest BCUT2D eigenvalue weighted by Crippen LogP contribution is -1.98. The largest absolute Gasteiger partial charge is 0.493 e. The second kappa shape index (κ2) is 8.18. The van der Waals surface area contributed by atoms with E-state index in [1.165, 1.54) is 25.3 Å². The lowest BCUT2D eigenvalue weighted by molar-refractivity contribution is 0.306. The van der Waals surface area contributed by atoms with E-state index in [1.54, 1.807) is 6.07 Å². The van der Waals surface area contributed by atoms with E-state index < -0.39 is 0 Å². The van der Waals surface area contributed by atoms with E-state index in [0.717, 1.165) is 23.3 Å². The fraction of sp³-hybridized carbons (Fsp3) is 0.333. The summed E-state index contributed by atoms with van der Waals surface area (Å²) in [5, 5.41) is 0. The number of unbranched alkanes of at least 4 members (excludes halogenated alkanes) is 3. The highest BCUT2D eigenvalue weighted by atomic mass is 79.9. The third-order valence-corrected chi connectivity index (χ3v) is 4.02. The van der Waals surface area contributed by atoms with Crippen LogP contribution in [0.5, 0.6) is 5.75 Å². The average Bonchev–Trinajstić information content (AvgIpc) is 2.50. The van der Waals surface area contributed by atoms with E-state index in [4.69, 9.17) is 4.74 Å². The molecule has 0 aliphatic rings. The summed E-state index contributed by atoms with van der Waals surface area (Å²) in [7, 11) is 0. The van der Waals surface area contributed by atoms with Crippen LogP contribution in [-0.2, 0) is 0 Å². The molecule has 0 atom stereocenters. The first-order valence-electron chi connectivity index (χ1n) is 7.39. The number of hydrogen-bond donors (Lipinski definition) is 0. The number of hydrogen-bond acceptors (Lipinski definition) is 1. The molecule has 1 nitrogen and oxygen atoms in total. The lowest BCUT2D eigenvalue weighted by Gasteiger charge is -2.12. The minimum atomic E-state index is -0.259. The molecule has 0 unspecified atom stereocenters. The molecule has 2 rings (SSSR count). The van der Waals surface area contributed by atoms with Crippen molar-refractivity contribution in [1.82, 2.24) is 0 Å². The molecule has 112 valence electrons. The second-order valence-corrected chi connectivity index (χ2v) is 5.89. The molecule has 0 radical (unpaired) electrons. The zero-order valence-electron chi connectivity index (χ0n) is 12.2. The molecule has 0 heterocycles. The molecule has 0 aliphatic heterocycles. The molecular formula is C18H20BrFO. The standard InChI is InChI=1S/C18H20BrFO/c1-2-3-4-7-12-21-18-9-6-5-8-15(18)14-10-11-16(19)17(20)13-14/h5-6,8-11,13H,2-4,7,12H2,1H3. The van der Waals surface area contributed by atoms with Gasteiger partial charge in [0.2, 0.25) is 0 Å².